The van der Waals surface area contributed by atoms with Crippen LogP contribution in [-0.2, 0) is 6.42 Å². The van der Waals surface area contributed by atoms with E-state index in [9.17, 15) is 0 Å². The number of ether oxygens (including phenoxy) is 1. The lowest BCUT2D eigenvalue weighted by Gasteiger charge is -2.06. The Balaban J connectivity index is 2.66. The lowest BCUT2D eigenvalue weighted by atomic mass is 10.1. The van der Waals surface area contributed by atoms with E-state index in [2.05, 4.69) is 11.1 Å². The molecular weight excluding hydrogens is 190 g/mol. The number of aliphatic imine (C=N–C) groups is 1. The summed E-state index contributed by atoms with van der Waals surface area (Å²) in [6, 6.07) is 6.10. The Kier molecular flexibility index (Phi) is 3.97. The van der Waals surface area contributed by atoms with Crippen molar-refractivity contribution in [3.8, 4) is 5.75 Å². The van der Waals surface area contributed by atoms with Crippen LogP contribution in [0.3, 0.4) is 0 Å². The van der Waals surface area contributed by atoms with Gasteiger partial charge in [-0.1, -0.05) is 12.1 Å². The van der Waals surface area contributed by atoms with Crippen molar-refractivity contribution in [2.75, 3.05) is 13.7 Å². The molecule has 0 saturated heterocycles. The van der Waals surface area contributed by atoms with E-state index in [0.717, 1.165) is 17.7 Å². The van der Waals surface area contributed by atoms with Crippen molar-refractivity contribution in [2.24, 2.45) is 16.5 Å². The first kappa shape index (κ1) is 11.4. The molecule has 0 aliphatic rings. The van der Waals surface area contributed by atoms with Gasteiger partial charge in [0.25, 0.3) is 0 Å². The summed E-state index contributed by atoms with van der Waals surface area (Å²) in [5.74, 6) is 1.03. The summed E-state index contributed by atoms with van der Waals surface area (Å²) in [5.41, 5.74) is 12.8. The molecule has 0 bridgehead atoms. The minimum absolute atomic E-state index is 0.133. The Bertz CT molecular complexity index is 357. The van der Waals surface area contributed by atoms with Crippen LogP contribution in [0.15, 0.2) is 23.2 Å². The van der Waals surface area contributed by atoms with Crippen molar-refractivity contribution in [3.63, 3.8) is 0 Å². The Labute approximate surface area is 89.9 Å². The number of methoxy groups -OCH3 is 1. The van der Waals surface area contributed by atoms with Crippen molar-refractivity contribution in [2.45, 2.75) is 13.3 Å². The van der Waals surface area contributed by atoms with Gasteiger partial charge in [-0.25, -0.2) is 0 Å². The third-order valence-electron chi connectivity index (χ3n) is 2.17. The second kappa shape index (κ2) is 5.24. The monoisotopic (exact) mass is 207 g/mol. The number of nitrogens with two attached hydrogens (primary N) is 2. The van der Waals surface area contributed by atoms with Gasteiger partial charge >= 0.3 is 0 Å². The number of hydrogen-bond donors (Lipinski definition) is 2. The van der Waals surface area contributed by atoms with Crippen molar-refractivity contribution < 1.29 is 4.74 Å². The third-order valence-corrected chi connectivity index (χ3v) is 2.17. The number of benzene rings is 1. The summed E-state index contributed by atoms with van der Waals surface area (Å²) >= 11 is 0. The second-order valence-corrected chi connectivity index (χ2v) is 3.36. The quantitative estimate of drug-likeness (QED) is 0.567. The van der Waals surface area contributed by atoms with E-state index >= 15 is 0 Å². The van der Waals surface area contributed by atoms with Gasteiger partial charge in [0, 0.05) is 6.54 Å². The smallest absolute Gasteiger partial charge is 0.185 e. The van der Waals surface area contributed by atoms with Gasteiger partial charge in [-0.15, -0.1) is 0 Å². The van der Waals surface area contributed by atoms with Crippen LogP contribution in [0, 0.1) is 6.92 Å². The molecule has 0 radical (unpaired) electrons. The van der Waals surface area contributed by atoms with E-state index < -0.39 is 0 Å². The van der Waals surface area contributed by atoms with Gasteiger partial charge in [-0.3, -0.25) is 4.99 Å². The summed E-state index contributed by atoms with van der Waals surface area (Å²) in [7, 11) is 1.67. The molecular formula is C11H17N3O. The van der Waals surface area contributed by atoms with Crippen LogP contribution in [0.2, 0.25) is 0 Å². The molecule has 0 unspecified atom stereocenters. The van der Waals surface area contributed by atoms with Gasteiger partial charge in [0.05, 0.1) is 7.11 Å². The predicted molar refractivity (Wildman–Crippen MR) is 62.1 cm³/mol. The zero-order valence-electron chi connectivity index (χ0n) is 9.16. The minimum atomic E-state index is 0.133. The van der Waals surface area contributed by atoms with Crippen LogP contribution in [0.25, 0.3) is 0 Å². The summed E-state index contributed by atoms with van der Waals surface area (Å²) in [5, 5.41) is 0. The zero-order chi connectivity index (χ0) is 11.3. The standard InChI is InChI=1S/C11H17N3O/c1-8-3-4-9(7-10(8)15-2)5-6-14-11(12)13/h3-4,7H,5-6H2,1-2H3,(H4,12,13,14). The SMILES string of the molecule is COc1cc(CCN=C(N)N)ccc1C. The fourth-order valence-electron chi connectivity index (χ4n) is 1.33. The van der Waals surface area contributed by atoms with Gasteiger partial charge in [0.15, 0.2) is 5.96 Å². The van der Waals surface area contributed by atoms with Gasteiger partial charge in [-0.2, -0.15) is 0 Å². The number of aryl methyl sites for hydroxylation is 1. The first-order valence-corrected chi connectivity index (χ1v) is 4.82. The molecule has 0 atom stereocenters. The molecule has 4 heteroatoms. The second-order valence-electron chi connectivity index (χ2n) is 3.36. The highest BCUT2D eigenvalue weighted by Crippen LogP contribution is 2.19. The molecule has 0 aliphatic carbocycles. The first-order chi connectivity index (χ1) is 7.13. The third kappa shape index (κ3) is 3.50. The maximum Gasteiger partial charge on any atom is 0.185 e. The van der Waals surface area contributed by atoms with Crippen molar-refractivity contribution >= 4 is 5.96 Å². The fourth-order valence-corrected chi connectivity index (χ4v) is 1.33. The van der Waals surface area contributed by atoms with Crippen LogP contribution in [-0.4, -0.2) is 19.6 Å². The predicted octanol–water partition coefficient (Wildman–Crippen LogP) is 0.820. The Morgan fingerprint density at radius 2 is 2.13 bits per heavy atom. The van der Waals surface area contributed by atoms with E-state index in [1.807, 2.05) is 19.1 Å². The minimum Gasteiger partial charge on any atom is -0.496 e. The molecule has 0 aromatic heterocycles. The molecule has 4 N–H and O–H groups in total. The van der Waals surface area contributed by atoms with Crippen molar-refractivity contribution in [1.82, 2.24) is 0 Å². The zero-order valence-corrected chi connectivity index (χ0v) is 9.16. The molecule has 0 amide bonds. The summed E-state index contributed by atoms with van der Waals surface area (Å²) in [4.78, 5) is 3.93. The lowest BCUT2D eigenvalue weighted by molar-refractivity contribution is 0.411. The highest BCUT2D eigenvalue weighted by molar-refractivity contribution is 5.75. The summed E-state index contributed by atoms with van der Waals surface area (Å²) < 4.78 is 5.23. The molecule has 1 rings (SSSR count). The first-order valence-electron chi connectivity index (χ1n) is 4.82. The van der Waals surface area contributed by atoms with E-state index in [0.29, 0.717) is 6.54 Å². The van der Waals surface area contributed by atoms with Crippen molar-refractivity contribution in [3.05, 3.63) is 29.3 Å². The van der Waals surface area contributed by atoms with Gasteiger partial charge in [-0.05, 0) is 30.5 Å². The molecule has 82 valence electrons. The maximum atomic E-state index is 5.24. The van der Waals surface area contributed by atoms with E-state index in [4.69, 9.17) is 16.2 Å². The van der Waals surface area contributed by atoms with Gasteiger partial charge in [0.1, 0.15) is 5.75 Å². The molecule has 15 heavy (non-hydrogen) atoms. The van der Waals surface area contributed by atoms with Crippen LogP contribution in [0.4, 0.5) is 0 Å². The largest absolute Gasteiger partial charge is 0.496 e. The van der Waals surface area contributed by atoms with Crippen LogP contribution >= 0.6 is 0 Å². The average Bonchev–Trinajstić information content (AvgIpc) is 2.20. The van der Waals surface area contributed by atoms with Gasteiger partial charge < -0.3 is 16.2 Å². The van der Waals surface area contributed by atoms with Crippen molar-refractivity contribution in [1.29, 1.82) is 0 Å². The molecule has 0 heterocycles. The Morgan fingerprint density at radius 3 is 2.73 bits per heavy atom. The number of hydrogen-bond acceptors (Lipinski definition) is 2. The van der Waals surface area contributed by atoms with E-state index in [-0.39, 0.29) is 5.96 Å². The molecule has 0 aliphatic heterocycles. The molecule has 0 fully saturated rings. The summed E-state index contributed by atoms with van der Waals surface area (Å²) in [6.07, 6.45) is 0.814. The van der Waals surface area contributed by atoms with E-state index in [1.54, 1.807) is 7.11 Å². The molecule has 0 spiro atoms. The van der Waals surface area contributed by atoms with Crippen LogP contribution in [0.5, 0.6) is 5.75 Å². The average molecular weight is 207 g/mol. The number of rotatable bonds is 4. The molecule has 1 aromatic rings. The number of nitrogens with zero attached hydrogens (tertiary/aromatic N) is 1. The fraction of sp³-hybridized carbons (Fsp3) is 0.364. The summed E-state index contributed by atoms with van der Waals surface area (Å²) in [6.45, 7) is 2.62. The normalized spacial score (nSPS) is 9.73. The van der Waals surface area contributed by atoms with E-state index in [1.165, 1.54) is 5.56 Å². The molecule has 0 saturated carbocycles. The van der Waals surface area contributed by atoms with Crippen LogP contribution < -0.4 is 16.2 Å². The Morgan fingerprint density at radius 1 is 1.40 bits per heavy atom. The molecule has 4 nitrogen and oxygen atoms in total. The highest BCUT2D eigenvalue weighted by Gasteiger charge is 1.99. The Hall–Kier alpha value is -1.71. The highest BCUT2D eigenvalue weighted by atomic mass is 16.5. The molecule has 1 aromatic carbocycles. The van der Waals surface area contributed by atoms with Gasteiger partial charge in [0.2, 0.25) is 0 Å². The topological polar surface area (TPSA) is 73.6 Å². The maximum absolute atomic E-state index is 5.24. The van der Waals surface area contributed by atoms with Crippen LogP contribution in [0.1, 0.15) is 11.1 Å². The number of guanidine groups is 1. The lowest BCUT2D eigenvalue weighted by Crippen LogP contribution is -2.23.